The molecule has 1 aromatic rings. The number of aromatic nitrogens is 1. The molecular weight excluding hydrogens is 232 g/mol. The molecule has 1 aliphatic rings. The van der Waals surface area contributed by atoms with Crippen LogP contribution >= 0.6 is 22.9 Å². The largest absolute Gasteiger partial charge is 0.350 e. The van der Waals surface area contributed by atoms with Crippen molar-refractivity contribution in [3.8, 4) is 0 Å². The van der Waals surface area contributed by atoms with E-state index < -0.39 is 0 Å². The maximum atomic E-state index is 11.6. The van der Waals surface area contributed by atoms with Crippen LogP contribution in [-0.2, 0) is 0 Å². The molecule has 0 unspecified atom stereocenters. The fourth-order valence-electron chi connectivity index (χ4n) is 1.58. The van der Waals surface area contributed by atoms with Gasteiger partial charge in [0.25, 0.3) is 5.91 Å². The third kappa shape index (κ3) is 2.69. The van der Waals surface area contributed by atoms with Crippen LogP contribution < -0.4 is 5.32 Å². The van der Waals surface area contributed by atoms with Crippen molar-refractivity contribution in [3.05, 3.63) is 16.6 Å². The quantitative estimate of drug-likeness (QED) is 0.808. The van der Waals surface area contributed by atoms with Gasteiger partial charge < -0.3 is 5.32 Å². The Hall–Kier alpha value is -0.610. The van der Waals surface area contributed by atoms with Gasteiger partial charge in [0.1, 0.15) is 5.69 Å². The number of hydrogen-bond acceptors (Lipinski definition) is 3. The lowest BCUT2D eigenvalue weighted by molar-refractivity contribution is 0.0940. The number of carbonyl (C=O) groups is 1. The lowest BCUT2D eigenvalue weighted by Gasteiger charge is -2.13. The molecule has 3 nitrogen and oxygen atoms in total. The number of carbonyl (C=O) groups excluding carboxylic acids is 1. The van der Waals surface area contributed by atoms with Gasteiger partial charge in [-0.1, -0.05) is 0 Å². The van der Waals surface area contributed by atoms with Crippen molar-refractivity contribution in [1.82, 2.24) is 10.3 Å². The molecule has 0 bridgehead atoms. The fraction of sp³-hybridized carbons (Fsp3) is 0.600. The molecule has 2 rings (SSSR count). The second-order valence-electron chi connectivity index (χ2n) is 4.00. The van der Waals surface area contributed by atoms with E-state index in [2.05, 4.69) is 10.3 Å². The molecule has 1 aliphatic carbocycles. The summed E-state index contributed by atoms with van der Waals surface area (Å²) in [6.07, 6.45) is 3.35. The molecule has 0 aromatic carbocycles. The van der Waals surface area contributed by atoms with Gasteiger partial charge in [-0.3, -0.25) is 4.79 Å². The first-order chi connectivity index (χ1) is 7.26. The van der Waals surface area contributed by atoms with E-state index in [4.69, 9.17) is 11.6 Å². The highest BCUT2D eigenvalue weighted by Crippen LogP contribution is 2.48. The summed E-state index contributed by atoms with van der Waals surface area (Å²) >= 11 is 7.15. The molecule has 0 atom stereocenters. The first kappa shape index (κ1) is 10.9. The van der Waals surface area contributed by atoms with Crippen molar-refractivity contribution in [2.75, 3.05) is 12.4 Å². The molecule has 1 aromatic heterocycles. The molecular formula is C10H13ClN2OS. The van der Waals surface area contributed by atoms with E-state index in [1.54, 1.807) is 10.9 Å². The molecule has 0 radical (unpaired) electrons. The SMILES string of the molecule is O=C(NCC1(CCCl)CC1)c1cscn1. The van der Waals surface area contributed by atoms with E-state index >= 15 is 0 Å². The molecule has 1 amide bonds. The summed E-state index contributed by atoms with van der Waals surface area (Å²) in [7, 11) is 0. The topological polar surface area (TPSA) is 42.0 Å². The number of nitrogens with zero attached hydrogens (tertiary/aromatic N) is 1. The summed E-state index contributed by atoms with van der Waals surface area (Å²) in [5.74, 6) is 0.601. The molecule has 1 N–H and O–H groups in total. The Bertz CT molecular complexity index is 335. The highest BCUT2D eigenvalue weighted by atomic mass is 35.5. The van der Waals surface area contributed by atoms with Crippen LogP contribution in [0.25, 0.3) is 0 Å². The van der Waals surface area contributed by atoms with Crippen LogP contribution in [0.3, 0.4) is 0 Å². The molecule has 0 saturated heterocycles. The summed E-state index contributed by atoms with van der Waals surface area (Å²) in [6.45, 7) is 0.732. The molecule has 5 heteroatoms. The average molecular weight is 245 g/mol. The Balaban J connectivity index is 1.81. The first-order valence-electron chi connectivity index (χ1n) is 4.98. The van der Waals surface area contributed by atoms with Gasteiger partial charge in [0, 0.05) is 17.8 Å². The predicted octanol–water partition coefficient (Wildman–Crippen LogP) is 2.28. The smallest absolute Gasteiger partial charge is 0.270 e. The number of thiazole rings is 1. The van der Waals surface area contributed by atoms with Crippen molar-refractivity contribution in [2.45, 2.75) is 19.3 Å². The van der Waals surface area contributed by atoms with Crippen molar-refractivity contribution in [1.29, 1.82) is 0 Å². The van der Waals surface area contributed by atoms with Crippen LogP contribution in [0.1, 0.15) is 29.8 Å². The Kier molecular flexibility index (Phi) is 3.26. The number of hydrogen-bond donors (Lipinski definition) is 1. The van der Waals surface area contributed by atoms with Crippen LogP contribution in [0.5, 0.6) is 0 Å². The highest BCUT2D eigenvalue weighted by molar-refractivity contribution is 7.07. The number of nitrogens with one attached hydrogen (secondary N) is 1. The zero-order chi connectivity index (χ0) is 10.7. The number of alkyl halides is 1. The van der Waals surface area contributed by atoms with Crippen LogP contribution in [0.4, 0.5) is 0 Å². The van der Waals surface area contributed by atoms with E-state index in [9.17, 15) is 4.79 Å². The van der Waals surface area contributed by atoms with E-state index in [-0.39, 0.29) is 11.3 Å². The monoisotopic (exact) mass is 244 g/mol. The molecule has 1 heterocycles. The normalized spacial score (nSPS) is 17.4. The van der Waals surface area contributed by atoms with Gasteiger partial charge >= 0.3 is 0 Å². The van der Waals surface area contributed by atoms with Gasteiger partial charge in [0.2, 0.25) is 0 Å². The molecule has 0 aliphatic heterocycles. The first-order valence-corrected chi connectivity index (χ1v) is 6.46. The number of rotatable bonds is 5. The minimum Gasteiger partial charge on any atom is -0.350 e. The van der Waals surface area contributed by atoms with Crippen LogP contribution in [0.2, 0.25) is 0 Å². The van der Waals surface area contributed by atoms with Crippen LogP contribution in [0.15, 0.2) is 10.9 Å². The van der Waals surface area contributed by atoms with Crippen molar-refractivity contribution in [2.24, 2.45) is 5.41 Å². The van der Waals surface area contributed by atoms with E-state index in [0.717, 1.165) is 13.0 Å². The summed E-state index contributed by atoms with van der Waals surface area (Å²) < 4.78 is 0. The molecule has 1 saturated carbocycles. The molecule has 1 fully saturated rings. The number of amides is 1. The Morgan fingerprint density at radius 2 is 2.47 bits per heavy atom. The molecule has 15 heavy (non-hydrogen) atoms. The van der Waals surface area contributed by atoms with Crippen molar-refractivity contribution >= 4 is 28.8 Å². The van der Waals surface area contributed by atoms with Gasteiger partial charge in [-0.25, -0.2) is 4.98 Å². The summed E-state index contributed by atoms with van der Waals surface area (Å²) in [6, 6.07) is 0. The predicted molar refractivity (Wildman–Crippen MR) is 61.5 cm³/mol. The third-order valence-electron chi connectivity index (χ3n) is 2.87. The fourth-order valence-corrected chi connectivity index (χ4v) is 2.51. The highest BCUT2D eigenvalue weighted by Gasteiger charge is 2.41. The van der Waals surface area contributed by atoms with Gasteiger partial charge in [-0.05, 0) is 24.7 Å². The minimum atomic E-state index is -0.0721. The minimum absolute atomic E-state index is 0.0721. The number of halogens is 1. The Morgan fingerprint density at radius 3 is 3.00 bits per heavy atom. The maximum Gasteiger partial charge on any atom is 0.270 e. The van der Waals surface area contributed by atoms with E-state index in [1.807, 2.05) is 0 Å². The summed E-state index contributed by atoms with van der Waals surface area (Å²) in [5, 5.41) is 4.68. The second kappa shape index (κ2) is 4.49. The van der Waals surface area contributed by atoms with Crippen LogP contribution in [-0.4, -0.2) is 23.3 Å². The standard InChI is InChI=1S/C10H13ClN2OS/c11-4-3-10(1-2-10)6-12-9(14)8-5-15-7-13-8/h5,7H,1-4,6H2,(H,12,14). The Morgan fingerprint density at radius 1 is 1.67 bits per heavy atom. The third-order valence-corrected chi connectivity index (χ3v) is 3.65. The van der Waals surface area contributed by atoms with E-state index in [0.29, 0.717) is 11.6 Å². The summed E-state index contributed by atoms with van der Waals surface area (Å²) in [4.78, 5) is 15.5. The average Bonchev–Trinajstić information content (AvgIpc) is 2.81. The van der Waals surface area contributed by atoms with Gasteiger partial charge in [0.15, 0.2) is 0 Å². The summed E-state index contributed by atoms with van der Waals surface area (Å²) in [5.41, 5.74) is 2.47. The molecule has 82 valence electrons. The van der Waals surface area contributed by atoms with E-state index in [1.165, 1.54) is 24.2 Å². The molecule has 0 spiro atoms. The van der Waals surface area contributed by atoms with Gasteiger partial charge in [-0.2, -0.15) is 0 Å². The van der Waals surface area contributed by atoms with Gasteiger partial charge in [0.05, 0.1) is 5.51 Å². The lowest BCUT2D eigenvalue weighted by Crippen LogP contribution is -2.30. The zero-order valence-electron chi connectivity index (χ0n) is 8.33. The van der Waals surface area contributed by atoms with Crippen LogP contribution in [0, 0.1) is 5.41 Å². The second-order valence-corrected chi connectivity index (χ2v) is 5.09. The maximum absolute atomic E-state index is 11.6. The Labute approximate surface area is 97.9 Å². The zero-order valence-corrected chi connectivity index (χ0v) is 9.90. The van der Waals surface area contributed by atoms with Crippen molar-refractivity contribution in [3.63, 3.8) is 0 Å². The lowest BCUT2D eigenvalue weighted by atomic mass is 10.0. The van der Waals surface area contributed by atoms with Gasteiger partial charge in [-0.15, -0.1) is 22.9 Å². The van der Waals surface area contributed by atoms with Crippen molar-refractivity contribution < 1.29 is 4.79 Å².